The number of nitrogens with zero attached hydrogens (tertiary/aromatic N) is 1. The molecule has 1 atom stereocenters. The van der Waals surface area contributed by atoms with Crippen molar-refractivity contribution in [2.75, 3.05) is 7.05 Å². The summed E-state index contributed by atoms with van der Waals surface area (Å²) >= 11 is 0. The van der Waals surface area contributed by atoms with Crippen LogP contribution in [0.25, 0.3) is 0 Å². The van der Waals surface area contributed by atoms with Crippen molar-refractivity contribution in [3.63, 3.8) is 0 Å². The Labute approximate surface area is 109 Å². The van der Waals surface area contributed by atoms with Gasteiger partial charge in [-0.05, 0) is 45.0 Å². The molecular weight excluding hydrogens is 220 g/mol. The molecule has 0 saturated carbocycles. The smallest absolute Gasteiger partial charge is 0.0589 e. The third kappa shape index (κ3) is 2.77. The monoisotopic (exact) mass is 240 g/mol. The zero-order valence-electron chi connectivity index (χ0n) is 11.5. The zero-order valence-corrected chi connectivity index (χ0v) is 11.5. The molecule has 2 nitrogen and oxygen atoms in total. The van der Waals surface area contributed by atoms with Gasteiger partial charge in [0.15, 0.2) is 0 Å². The third-order valence-electron chi connectivity index (χ3n) is 3.13. The van der Waals surface area contributed by atoms with Crippen LogP contribution in [0.1, 0.15) is 34.0 Å². The van der Waals surface area contributed by atoms with E-state index in [4.69, 9.17) is 0 Å². The minimum atomic E-state index is 0.205. The Kier molecular flexibility index (Phi) is 3.78. The molecule has 0 amide bonds. The van der Waals surface area contributed by atoms with Crippen molar-refractivity contribution < 1.29 is 0 Å². The fourth-order valence-corrected chi connectivity index (χ4v) is 2.35. The summed E-state index contributed by atoms with van der Waals surface area (Å²) in [6.45, 7) is 6.28. The normalized spacial score (nSPS) is 12.4. The summed E-state index contributed by atoms with van der Waals surface area (Å²) < 4.78 is 0. The van der Waals surface area contributed by atoms with E-state index in [0.29, 0.717) is 0 Å². The molecular formula is C16H20N2. The number of hydrogen-bond donors (Lipinski definition) is 1. The van der Waals surface area contributed by atoms with Crippen molar-refractivity contribution in [2.45, 2.75) is 26.8 Å². The van der Waals surface area contributed by atoms with Gasteiger partial charge in [-0.15, -0.1) is 0 Å². The second kappa shape index (κ2) is 5.32. The standard InChI is InChI=1S/C16H20N2/c1-11-7-12(2)9-15(8-11)16(17-4)14-6-5-13(3)18-10-14/h5-10,16-17H,1-4H3. The highest BCUT2D eigenvalue weighted by atomic mass is 14.9. The first kappa shape index (κ1) is 12.8. The lowest BCUT2D eigenvalue weighted by molar-refractivity contribution is 0.687. The van der Waals surface area contributed by atoms with Crippen molar-refractivity contribution >= 4 is 0 Å². The van der Waals surface area contributed by atoms with Crippen LogP contribution in [0.2, 0.25) is 0 Å². The van der Waals surface area contributed by atoms with Gasteiger partial charge in [-0.1, -0.05) is 35.4 Å². The molecule has 1 aromatic carbocycles. The third-order valence-corrected chi connectivity index (χ3v) is 3.13. The largest absolute Gasteiger partial charge is 0.309 e. The minimum absolute atomic E-state index is 0.205. The molecule has 2 heteroatoms. The van der Waals surface area contributed by atoms with Crippen LogP contribution in [-0.2, 0) is 0 Å². The molecule has 2 rings (SSSR count). The van der Waals surface area contributed by atoms with E-state index in [9.17, 15) is 0 Å². The van der Waals surface area contributed by atoms with Gasteiger partial charge in [0.25, 0.3) is 0 Å². The molecule has 0 aliphatic heterocycles. The summed E-state index contributed by atoms with van der Waals surface area (Å²) in [6.07, 6.45) is 1.95. The highest BCUT2D eigenvalue weighted by Gasteiger charge is 2.12. The van der Waals surface area contributed by atoms with E-state index in [-0.39, 0.29) is 6.04 Å². The van der Waals surface area contributed by atoms with Gasteiger partial charge < -0.3 is 5.32 Å². The van der Waals surface area contributed by atoms with E-state index in [2.05, 4.69) is 54.5 Å². The summed E-state index contributed by atoms with van der Waals surface area (Å²) in [4.78, 5) is 4.38. The van der Waals surface area contributed by atoms with E-state index in [1.54, 1.807) is 0 Å². The number of hydrogen-bond acceptors (Lipinski definition) is 2. The topological polar surface area (TPSA) is 24.9 Å². The average Bonchev–Trinajstić information content (AvgIpc) is 2.31. The maximum absolute atomic E-state index is 4.38. The summed E-state index contributed by atoms with van der Waals surface area (Å²) in [5, 5.41) is 3.37. The summed E-state index contributed by atoms with van der Waals surface area (Å²) in [6, 6.07) is 11.1. The Morgan fingerprint density at radius 2 is 1.61 bits per heavy atom. The number of aromatic nitrogens is 1. The molecule has 18 heavy (non-hydrogen) atoms. The van der Waals surface area contributed by atoms with Crippen LogP contribution in [-0.4, -0.2) is 12.0 Å². The zero-order chi connectivity index (χ0) is 13.1. The van der Waals surface area contributed by atoms with Crippen LogP contribution in [0, 0.1) is 20.8 Å². The molecule has 0 bridgehead atoms. The molecule has 2 aromatic rings. The van der Waals surface area contributed by atoms with Crippen LogP contribution < -0.4 is 5.32 Å². The van der Waals surface area contributed by atoms with Crippen LogP contribution in [0.4, 0.5) is 0 Å². The maximum Gasteiger partial charge on any atom is 0.0589 e. The Morgan fingerprint density at radius 3 is 2.11 bits per heavy atom. The fraction of sp³-hybridized carbons (Fsp3) is 0.312. The number of aryl methyl sites for hydroxylation is 3. The number of rotatable bonds is 3. The lowest BCUT2D eigenvalue weighted by atomic mass is 9.97. The van der Waals surface area contributed by atoms with E-state index in [1.807, 2.05) is 20.2 Å². The van der Waals surface area contributed by atoms with Crippen molar-refractivity contribution in [3.8, 4) is 0 Å². The first-order valence-electron chi connectivity index (χ1n) is 6.28. The second-order valence-corrected chi connectivity index (χ2v) is 4.88. The number of pyridine rings is 1. The molecule has 0 aliphatic rings. The molecule has 0 spiro atoms. The van der Waals surface area contributed by atoms with Gasteiger partial charge in [0.05, 0.1) is 6.04 Å². The van der Waals surface area contributed by atoms with Gasteiger partial charge >= 0.3 is 0 Å². The second-order valence-electron chi connectivity index (χ2n) is 4.88. The lowest BCUT2D eigenvalue weighted by Crippen LogP contribution is -2.18. The van der Waals surface area contributed by atoms with Crippen molar-refractivity contribution in [3.05, 3.63) is 64.5 Å². The molecule has 94 valence electrons. The van der Waals surface area contributed by atoms with Crippen LogP contribution >= 0.6 is 0 Å². The predicted molar refractivity (Wildman–Crippen MR) is 75.8 cm³/mol. The summed E-state index contributed by atoms with van der Waals surface area (Å²) in [5.74, 6) is 0. The van der Waals surface area contributed by atoms with Crippen molar-refractivity contribution in [1.29, 1.82) is 0 Å². The Hall–Kier alpha value is -1.67. The van der Waals surface area contributed by atoms with E-state index < -0.39 is 0 Å². The van der Waals surface area contributed by atoms with E-state index >= 15 is 0 Å². The van der Waals surface area contributed by atoms with Gasteiger partial charge in [-0.3, -0.25) is 4.98 Å². The first-order valence-corrected chi connectivity index (χ1v) is 6.28. The van der Waals surface area contributed by atoms with E-state index in [1.165, 1.54) is 22.3 Å². The molecule has 1 aromatic heterocycles. The minimum Gasteiger partial charge on any atom is -0.309 e. The molecule has 0 aliphatic carbocycles. The molecule has 1 heterocycles. The van der Waals surface area contributed by atoms with Gasteiger partial charge in [0.2, 0.25) is 0 Å². The lowest BCUT2D eigenvalue weighted by Gasteiger charge is -2.18. The van der Waals surface area contributed by atoms with Gasteiger partial charge in [0, 0.05) is 11.9 Å². The van der Waals surface area contributed by atoms with Gasteiger partial charge in [-0.2, -0.15) is 0 Å². The first-order chi connectivity index (χ1) is 8.60. The van der Waals surface area contributed by atoms with Crippen LogP contribution in [0.15, 0.2) is 36.5 Å². The van der Waals surface area contributed by atoms with Crippen LogP contribution in [0.3, 0.4) is 0 Å². The Morgan fingerprint density at radius 1 is 0.944 bits per heavy atom. The van der Waals surface area contributed by atoms with Gasteiger partial charge in [-0.25, -0.2) is 0 Å². The van der Waals surface area contributed by atoms with E-state index in [0.717, 1.165) is 5.69 Å². The average molecular weight is 240 g/mol. The maximum atomic E-state index is 4.38. The summed E-state index contributed by atoms with van der Waals surface area (Å²) in [5.41, 5.74) is 6.14. The summed E-state index contributed by atoms with van der Waals surface area (Å²) in [7, 11) is 1.99. The van der Waals surface area contributed by atoms with Gasteiger partial charge in [0.1, 0.15) is 0 Å². The number of benzene rings is 1. The van der Waals surface area contributed by atoms with Crippen molar-refractivity contribution in [1.82, 2.24) is 10.3 Å². The van der Waals surface area contributed by atoms with Crippen LogP contribution in [0.5, 0.6) is 0 Å². The highest BCUT2D eigenvalue weighted by molar-refractivity contribution is 5.36. The molecule has 0 fully saturated rings. The highest BCUT2D eigenvalue weighted by Crippen LogP contribution is 2.23. The fourth-order valence-electron chi connectivity index (χ4n) is 2.35. The molecule has 1 unspecified atom stereocenters. The Balaban J connectivity index is 2.41. The van der Waals surface area contributed by atoms with Crippen molar-refractivity contribution in [2.24, 2.45) is 0 Å². The molecule has 1 N–H and O–H groups in total. The molecule has 0 saturated heterocycles. The Bertz CT molecular complexity index is 509. The molecule has 0 radical (unpaired) electrons. The predicted octanol–water partition coefficient (Wildman–Crippen LogP) is 3.32. The SMILES string of the molecule is CNC(c1ccc(C)nc1)c1cc(C)cc(C)c1. The quantitative estimate of drug-likeness (QED) is 0.890. The number of nitrogens with one attached hydrogen (secondary N) is 1.